The number of benzene rings is 2. The number of nitrogens with zero attached hydrogens (tertiary/aromatic N) is 2. The highest BCUT2D eigenvalue weighted by Crippen LogP contribution is 2.26. The van der Waals surface area contributed by atoms with Gasteiger partial charge < -0.3 is 4.74 Å². The van der Waals surface area contributed by atoms with E-state index in [-0.39, 0.29) is 5.91 Å². The summed E-state index contributed by atoms with van der Waals surface area (Å²) in [5.41, 5.74) is 3.24. The number of nitrogens with one attached hydrogen (secondary N) is 1. The lowest BCUT2D eigenvalue weighted by molar-refractivity contribution is -0.122. The summed E-state index contributed by atoms with van der Waals surface area (Å²) in [5, 5.41) is 12.2. The van der Waals surface area contributed by atoms with Gasteiger partial charge in [-0.25, -0.2) is 0 Å². The summed E-state index contributed by atoms with van der Waals surface area (Å²) in [4.78, 5) is 12.3. The molecule has 25 heavy (non-hydrogen) atoms. The number of aryl methyl sites for hydroxylation is 2. The number of rotatable bonds is 5. The summed E-state index contributed by atoms with van der Waals surface area (Å²) in [6.07, 6.45) is -0.631. The molecule has 0 aliphatic carbocycles. The second-order valence-corrected chi connectivity index (χ2v) is 6.82. The number of aromatic nitrogens is 2. The number of carbonyl (C=O) groups is 1. The highest BCUT2D eigenvalue weighted by Gasteiger charge is 2.17. The lowest BCUT2D eigenvalue weighted by atomic mass is 10.2. The topological polar surface area (TPSA) is 64.1 Å². The van der Waals surface area contributed by atoms with E-state index in [1.807, 2.05) is 62.4 Å². The van der Waals surface area contributed by atoms with Crippen molar-refractivity contribution in [3.63, 3.8) is 0 Å². The molecule has 1 atom stereocenters. The predicted molar refractivity (Wildman–Crippen MR) is 100.0 cm³/mol. The number of anilines is 1. The van der Waals surface area contributed by atoms with Gasteiger partial charge in [0.15, 0.2) is 6.10 Å². The van der Waals surface area contributed by atoms with E-state index in [0.29, 0.717) is 10.9 Å². The Labute approximate surface area is 150 Å². The molecule has 0 aliphatic rings. The normalized spacial score (nSPS) is 11.8. The predicted octanol–water partition coefficient (Wildman–Crippen LogP) is 4.23. The van der Waals surface area contributed by atoms with Crippen LogP contribution in [0.3, 0.4) is 0 Å². The maximum atomic E-state index is 12.3. The molecule has 1 amide bonds. The molecule has 5 nitrogen and oxygen atoms in total. The van der Waals surface area contributed by atoms with E-state index in [0.717, 1.165) is 16.1 Å². The summed E-state index contributed by atoms with van der Waals surface area (Å²) in [5.74, 6) is 0.411. The Kier molecular flexibility index (Phi) is 5.09. The van der Waals surface area contributed by atoms with E-state index < -0.39 is 6.10 Å². The fourth-order valence-electron chi connectivity index (χ4n) is 2.24. The van der Waals surface area contributed by atoms with Crippen molar-refractivity contribution in [3.8, 4) is 16.3 Å². The molecule has 128 valence electrons. The van der Waals surface area contributed by atoms with Crippen LogP contribution in [0.15, 0.2) is 48.5 Å². The van der Waals surface area contributed by atoms with Crippen LogP contribution < -0.4 is 10.1 Å². The SMILES string of the molecule is Cc1ccc(-c2nnc(NC(=O)[C@@H](C)Oc3cccc(C)c3)s2)cc1. The molecule has 3 aromatic rings. The second-order valence-electron chi connectivity index (χ2n) is 5.84. The summed E-state index contributed by atoms with van der Waals surface area (Å²) in [6.45, 7) is 5.72. The Morgan fingerprint density at radius 2 is 1.84 bits per heavy atom. The zero-order chi connectivity index (χ0) is 17.8. The Hall–Kier alpha value is -2.73. The van der Waals surface area contributed by atoms with Crippen LogP contribution in [0, 0.1) is 13.8 Å². The number of ether oxygens (including phenoxy) is 1. The largest absolute Gasteiger partial charge is 0.481 e. The van der Waals surface area contributed by atoms with Crippen molar-refractivity contribution >= 4 is 22.4 Å². The van der Waals surface area contributed by atoms with Crippen molar-refractivity contribution in [1.82, 2.24) is 10.2 Å². The van der Waals surface area contributed by atoms with Crippen LogP contribution in [0.2, 0.25) is 0 Å². The first-order valence-corrected chi connectivity index (χ1v) is 8.77. The van der Waals surface area contributed by atoms with Gasteiger partial charge in [0.05, 0.1) is 0 Å². The third-order valence-electron chi connectivity index (χ3n) is 3.63. The first-order chi connectivity index (χ1) is 12.0. The van der Waals surface area contributed by atoms with Crippen LogP contribution in [-0.2, 0) is 4.79 Å². The molecule has 1 heterocycles. The summed E-state index contributed by atoms with van der Waals surface area (Å²) >= 11 is 1.34. The standard InChI is InChI=1S/C19H19N3O2S/c1-12-7-9-15(10-8-12)18-21-22-19(25-18)20-17(23)14(3)24-16-6-4-5-13(2)11-16/h4-11,14H,1-3H3,(H,20,22,23)/t14-/m1/s1. The van der Waals surface area contributed by atoms with Crippen LogP contribution >= 0.6 is 11.3 Å². The van der Waals surface area contributed by atoms with Gasteiger partial charge in [0.25, 0.3) is 5.91 Å². The fourth-order valence-corrected chi connectivity index (χ4v) is 2.99. The van der Waals surface area contributed by atoms with Gasteiger partial charge in [0, 0.05) is 5.56 Å². The minimum atomic E-state index is -0.631. The smallest absolute Gasteiger partial charge is 0.266 e. The van der Waals surface area contributed by atoms with Gasteiger partial charge >= 0.3 is 0 Å². The second kappa shape index (κ2) is 7.44. The van der Waals surface area contributed by atoms with Gasteiger partial charge in [-0.2, -0.15) is 0 Å². The van der Waals surface area contributed by atoms with Crippen LogP contribution in [0.1, 0.15) is 18.1 Å². The first-order valence-electron chi connectivity index (χ1n) is 7.96. The number of carbonyl (C=O) groups excluding carboxylic acids is 1. The van der Waals surface area contributed by atoms with Crippen molar-refractivity contribution in [2.24, 2.45) is 0 Å². The monoisotopic (exact) mass is 353 g/mol. The van der Waals surface area contributed by atoms with Crippen LogP contribution in [0.4, 0.5) is 5.13 Å². The summed E-state index contributed by atoms with van der Waals surface area (Å²) in [7, 11) is 0. The Bertz CT molecular complexity index is 874. The number of hydrogen-bond acceptors (Lipinski definition) is 5. The van der Waals surface area contributed by atoms with E-state index in [2.05, 4.69) is 15.5 Å². The average molecular weight is 353 g/mol. The van der Waals surface area contributed by atoms with Gasteiger partial charge in [-0.3, -0.25) is 10.1 Å². The highest BCUT2D eigenvalue weighted by atomic mass is 32.1. The molecule has 0 fully saturated rings. The minimum Gasteiger partial charge on any atom is -0.481 e. The Balaban J connectivity index is 1.64. The zero-order valence-corrected chi connectivity index (χ0v) is 15.1. The molecule has 1 N–H and O–H groups in total. The number of amides is 1. The summed E-state index contributed by atoms with van der Waals surface area (Å²) < 4.78 is 5.68. The molecule has 3 rings (SSSR count). The summed E-state index contributed by atoms with van der Waals surface area (Å²) in [6, 6.07) is 15.6. The molecule has 0 unspecified atom stereocenters. The van der Waals surface area contributed by atoms with E-state index >= 15 is 0 Å². The van der Waals surface area contributed by atoms with Gasteiger partial charge in [-0.05, 0) is 38.5 Å². The minimum absolute atomic E-state index is 0.256. The third kappa shape index (κ3) is 4.42. The fraction of sp³-hybridized carbons (Fsp3) is 0.211. The molecule has 0 aliphatic heterocycles. The molecule has 0 radical (unpaired) electrons. The average Bonchev–Trinajstić information content (AvgIpc) is 3.04. The Morgan fingerprint density at radius 1 is 1.08 bits per heavy atom. The van der Waals surface area contributed by atoms with E-state index in [4.69, 9.17) is 4.74 Å². The number of hydrogen-bond donors (Lipinski definition) is 1. The molecule has 0 bridgehead atoms. The Morgan fingerprint density at radius 3 is 2.56 bits per heavy atom. The molecule has 0 saturated carbocycles. The molecular formula is C19H19N3O2S. The third-order valence-corrected chi connectivity index (χ3v) is 4.51. The van der Waals surface area contributed by atoms with E-state index in [9.17, 15) is 4.79 Å². The van der Waals surface area contributed by atoms with Crippen molar-refractivity contribution in [1.29, 1.82) is 0 Å². The van der Waals surface area contributed by atoms with Crippen LogP contribution in [0.5, 0.6) is 5.75 Å². The lowest BCUT2D eigenvalue weighted by Crippen LogP contribution is -2.30. The quantitative estimate of drug-likeness (QED) is 0.745. The first kappa shape index (κ1) is 17.1. The molecular weight excluding hydrogens is 334 g/mol. The zero-order valence-electron chi connectivity index (χ0n) is 14.3. The maximum Gasteiger partial charge on any atom is 0.266 e. The van der Waals surface area contributed by atoms with Gasteiger partial charge in [-0.15, -0.1) is 10.2 Å². The van der Waals surface area contributed by atoms with E-state index in [1.165, 1.54) is 16.9 Å². The van der Waals surface area contributed by atoms with Gasteiger partial charge in [-0.1, -0.05) is 53.3 Å². The van der Waals surface area contributed by atoms with Gasteiger partial charge in [0.1, 0.15) is 10.8 Å². The molecule has 6 heteroatoms. The molecule has 0 saturated heterocycles. The molecule has 0 spiro atoms. The van der Waals surface area contributed by atoms with Crippen molar-refractivity contribution in [3.05, 3.63) is 59.7 Å². The molecule has 1 aromatic heterocycles. The lowest BCUT2D eigenvalue weighted by Gasteiger charge is -2.13. The van der Waals surface area contributed by atoms with E-state index in [1.54, 1.807) is 6.92 Å². The van der Waals surface area contributed by atoms with Crippen molar-refractivity contribution < 1.29 is 9.53 Å². The van der Waals surface area contributed by atoms with Crippen LogP contribution in [0.25, 0.3) is 10.6 Å². The highest BCUT2D eigenvalue weighted by molar-refractivity contribution is 7.18. The maximum absolute atomic E-state index is 12.3. The van der Waals surface area contributed by atoms with Gasteiger partial charge in [0.2, 0.25) is 5.13 Å². The van der Waals surface area contributed by atoms with Crippen molar-refractivity contribution in [2.75, 3.05) is 5.32 Å². The van der Waals surface area contributed by atoms with Crippen LogP contribution in [-0.4, -0.2) is 22.2 Å². The molecule has 2 aromatic carbocycles. The van der Waals surface area contributed by atoms with Crippen molar-refractivity contribution in [2.45, 2.75) is 26.9 Å².